The average Bonchev–Trinajstić information content (AvgIpc) is 2.33. The van der Waals surface area contributed by atoms with Crippen LogP contribution in [-0.4, -0.2) is 18.4 Å². The molecule has 0 bridgehead atoms. The van der Waals surface area contributed by atoms with Gasteiger partial charge >= 0.3 is 5.69 Å². The fourth-order valence-electron chi connectivity index (χ4n) is 1.30. The molecule has 3 N–H and O–H groups in total. The third-order valence-corrected chi connectivity index (χ3v) is 3.57. The van der Waals surface area contributed by atoms with Crippen molar-refractivity contribution in [3.05, 3.63) is 57.1 Å². The number of nitrogens with one attached hydrogen (secondary N) is 3. The van der Waals surface area contributed by atoms with Gasteiger partial charge < -0.3 is 4.98 Å². The van der Waals surface area contributed by atoms with Crippen LogP contribution in [0.4, 0.5) is 10.1 Å². The Kier molecular flexibility index (Phi) is 3.21. The van der Waals surface area contributed by atoms with Crippen LogP contribution < -0.4 is 16.0 Å². The Labute approximate surface area is 106 Å². The van der Waals surface area contributed by atoms with Crippen molar-refractivity contribution in [2.75, 3.05) is 4.72 Å². The van der Waals surface area contributed by atoms with Crippen LogP contribution in [0.3, 0.4) is 0 Å². The molecule has 100 valence electrons. The van der Waals surface area contributed by atoms with E-state index in [1.165, 1.54) is 0 Å². The van der Waals surface area contributed by atoms with Crippen molar-refractivity contribution in [1.82, 2.24) is 9.97 Å². The topological polar surface area (TPSA) is 112 Å². The van der Waals surface area contributed by atoms with E-state index in [0.29, 0.717) is 0 Å². The van der Waals surface area contributed by atoms with Crippen molar-refractivity contribution in [1.29, 1.82) is 0 Å². The summed E-state index contributed by atoms with van der Waals surface area (Å²) in [6.07, 6.45) is 0.933. The summed E-state index contributed by atoms with van der Waals surface area (Å²) in [5, 5.41) is 0. The number of hydrogen-bond acceptors (Lipinski definition) is 4. The zero-order valence-corrected chi connectivity index (χ0v) is 10.1. The molecule has 0 amide bonds. The number of H-pyrrole nitrogens is 2. The molecular formula is C10H8FN3O4S. The summed E-state index contributed by atoms with van der Waals surface area (Å²) in [6, 6.07) is 4.06. The largest absolute Gasteiger partial charge is 0.325 e. The molecule has 0 atom stereocenters. The first-order valence-electron chi connectivity index (χ1n) is 4.99. The molecule has 7 nitrogen and oxygen atoms in total. The average molecular weight is 285 g/mol. The summed E-state index contributed by atoms with van der Waals surface area (Å²) in [5.41, 5.74) is -1.98. The first-order chi connectivity index (χ1) is 8.88. The van der Waals surface area contributed by atoms with Gasteiger partial charge in [-0.25, -0.2) is 17.6 Å². The number of halogens is 1. The Hall–Kier alpha value is -2.42. The maximum absolute atomic E-state index is 12.7. The maximum atomic E-state index is 12.7. The summed E-state index contributed by atoms with van der Waals surface area (Å²) in [7, 11) is -4.02. The van der Waals surface area contributed by atoms with Gasteiger partial charge in [0.25, 0.3) is 15.6 Å². The van der Waals surface area contributed by atoms with Crippen LogP contribution in [0.25, 0.3) is 0 Å². The van der Waals surface area contributed by atoms with Gasteiger partial charge in [0.15, 0.2) is 0 Å². The van der Waals surface area contributed by atoms with E-state index >= 15 is 0 Å². The SMILES string of the molecule is O=c1[nH]cc(NS(=O)(=O)c2ccc(F)cc2)c(=O)[nH]1. The number of aromatic amines is 2. The molecule has 1 aromatic heterocycles. The molecule has 2 aromatic rings. The second-order valence-electron chi connectivity index (χ2n) is 3.55. The van der Waals surface area contributed by atoms with Gasteiger partial charge in [0.2, 0.25) is 0 Å². The van der Waals surface area contributed by atoms with E-state index in [1.54, 1.807) is 0 Å². The molecule has 0 spiro atoms. The van der Waals surface area contributed by atoms with Crippen molar-refractivity contribution in [3.8, 4) is 0 Å². The number of hydrogen-bond donors (Lipinski definition) is 3. The van der Waals surface area contributed by atoms with Crippen LogP contribution in [-0.2, 0) is 10.0 Å². The highest BCUT2D eigenvalue weighted by molar-refractivity contribution is 7.92. The van der Waals surface area contributed by atoms with Gasteiger partial charge in [-0.15, -0.1) is 0 Å². The monoisotopic (exact) mass is 285 g/mol. The zero-order valence-electron chi connectivity index (χ0n) is 9.31. The molecule has 1 heterocycles. The third-order valence-electron chi connectivity index (χ3n) is 2.19. The first kappa shape index (κ1) is 13.0. The number of aromatic nitrogens is 2. The van der Waals surface area contributed by atoms with Crippen LogP contribution in [0.1, 0.15) is 0 Å². The smallest absolute Gasteiger partial charge is 0.312 e. The van der Waals surface area contributed by atoms with Gasteiger partial charge in [0, 0.05) is 6.20 Å². The predicted octanol–water partition coefficient (Wildman–Crippen LogP) is 0.00310. The Morgan fingerprint density at radius 1 is 1.11 bits per heavy atom. The van der Waals surface area contributed by atoms with Crippen molar-refractivity contribution in [3.63, 3.8) is 0 Å². The van der Waals surface area contributed by atoms with E-state index < -0.39 is 27.1 Å². The molecule has 1 aromatic carbocycles. The fourth-order valence-corrected chi connectivity index (χ4v) is 2.36. The molecule has 2 rings (SSSR count). The highest BCUT2D eigenvalue weighted by atomic mass is 32.2. The molecule has 0 radical (unpaired) electrons. The molecule has 0 unspecified atom stereocenters. The minimum absolute atomic E-state index is 0.209. The molecule has 0 aliphatic heterocycles. The number of anilines is 1. The highest BCUT2D eigenvalue weighted by Gasteiger charge is 2.15. The second kappa shape index (κ2) is 4.69. The maximum Gasteiger partial charge on any atom is 0.325 e. The van der Waals surface area contributed by atoms with E-state index in [2.05, 4.69) is 4.98 Å². The fraction of sp³-hybridized carbons (Fsp3) is 0. The summed E-state index contributed by atoms with van der Waals surface area (Å²) in [4.78, 5) is 25.9. The minimum atomic E-state index is -4.02. The lowest BCUT2D eigenvalue weighted by Crippen LogP contribution is -2.26. The third kappa shape index (κ3) is 2.88. The normalized spacial score (nSPS) is 11.2. The second-order valence-corrected chi connectivity index (χ2v) is 5.23. The van der Waals surface area contributed by atoms with Crippen LogP contribution >= 0.6 is 0 Å². The molecule has 0 aliphatic rings. The lowest BCUT2D eigenvalue weighted by Gasteiger charge is -2.06. The number of benzene rings is 1. The highest BCUT2D eigenvalue weighted by Crippen LogP contribution is 2.12. The van der Waals surface area contributed by atoms with Gasteiger partial charge in [-0.3, -0.25) is 14.5 Å². The molecule has 0 aliphatic carbocycles. The molecule has 0 saturated carbocycles. The van der Waals surface area contributed by atoms with E-state index in [-0.39, 0.29) is 10.6 Å². The van der Waals surface area contributed by atoms with Crippen molar-refractivity contribution in [2.45, 2.75) is 4.90 Å². The Balaban J connectivity index is 2.39. The van der Waals surface area contributed by atoms with Crippen LogP contribution in [0.15, 0.2) is 44.9 Å². The van der Waals surface area contributed by atoms with E-state index in [4.69, 9.17) is 0 Å². The van der Waals surface area contributed by atoms with E-state index in [0.717, 1.165) is 30.5 Å². The lowest BCUT2D eigenvalue weighted by atomic mass is 10.4. The predicted molar refractivity (Wildman–Crippen MR) is 64.9 cm³/mol. The first-order valence-corrected chi connectivity index (χ1v) is 6.47. The molecular weight excluding hydrogens is 277 g/mol. The van der Waals surface area contributed by atoms with Crippen molar-refractivity contribution < 1.29 is 12.8 Å². The van der Waals surface area contributed by atoms with Gasteiger partial charge in [0.05, 0.1) is 4.90 Å². The van der Waals surface area contributed by atoms with Crippen molar-refractivity contribution in [2.24, 2.45) is 0 Å². The molecule has 9 heteroatoms. The quantitative estimate of drug-likeness (QED) is 0.737. The van der Waals surface area contributed by atoms with Crippen LogP contribution in [0.2, 0.25) is 0 Å². The number of rotatable bonds is 3. The van der Waals surface area contributed by atoms with E-state index in [1.807, 2.05) is 9.71 Å². The van der Waals surface area contributed by atoms with Gasteiger partial charge in [-0.05, 0) is 24.3 Å². The van der Waals surface area contributed by atoms with Crippen LogP contribution in [0.5, 0.6) is 0 Å². The summed E-state index contributed by atoms with van der Waals surface area (Å²) in [6.45, 7) is 0. The zero-order chi connectivity index (χ0) is 14.0. The Morgan fingerprint density at radius 3 is 2.32 bits per heavy atom. The number of sulfonamides is 1. The van der Waals surface area contributed by atoms with Crippen LogP contribution in [0, 0.1) is 5.82 Å². The standard InChI is InChI=1S/C10H8FN3O4S/c11-6-1-3-7(4-2-6)19(17,18)14-8-5-12-10(16)13-9(8)15/h1-5,14H,(H2,12,13,15,16). The summed E-state index contributed by atoms with van der Waals surface area (Å²) in [5.74, 6) is -0.583. The van der Waals surface area contributed by atoms with E-state index in [9.17, 15) is 22.4 Å². The molecule has 19 heavy (non-hydrogen) atoms. The Bertz CT molecular complexity index is 808. The molecule has 0 fully saturated rings. The van der Waals surface area contributed by atoms with Crippen molar-refractivity contribution >= 4 is 15.7 Å². The molecule has 0 saturated heterocycles. The van der Waals surface area contributed by atoms with Gasteiger partial charge in [-0.2, -0.15) is 0 Å². The summed E-state index contributed by atoms with van der Waals surface area (Å²) >= 11 is 0. The minimum Gasteiger partial charge on any atom is -0.312 e. The Morgan fingerprint density at radius 2 is 1.74 bits per heavy atom. The summed E-state index contributed by atoms with van der Waals surface area (Å²) < 4.78 is 38.4. The van der Waals surface area contributed by atoms with Gasteiger partial charge in [0.1, 0.15) is 11.5 Å². The van der Waals surface area contributed by atoms with Gasteiger partial charge in [-0.1, -0.05) is 0 Å². The lowest BCUT2D eigenvalue weighted by molar-refractivity contribution is 0.599.